The molecule has 3 rings (SSSR count). The van der Waals surface area contributed by atoms with Gasteiger partial charge in [0.05, 0.1) is 29.4 Å². The number of rotatable bonds is 7. The van der Waals surface area contributed by atoms with Crippen LogP contribution in [0.1, 0.15) is 51.3 Å². The molecule has 2 aromatic carbocycles. The number of carbonyl (C=O) groups is 2. The van der Waals surface area contributed by atoms with Crippen LogP contribution in [0.2, 0.25) is 0 Å². The molecular formula is C25H26N2O4. The third-order valence-electron chi connectivity index (χ3n) is 4.92. The number of aliphatic hydroxyl groups excluding tert-OH is 1. The van der Waals surface area contributed by atoms with Gasteiger partial charge in [0.15, 0.2) is 11.5 Å². The molecule has 0 radical (unpaired) electrons. The van der Waals surface area contributed by atoms with Crippen molar-refractivity contribution in [2.45, 2.75) is 46.3 Å². The Bertz CT molecular complexity index is 1060. The summed E-state index contributed by atoms with van der Waals surface area (Å²) < 4.78 is 5.80. The zero-order valence-electron chi connectivity index (χ0n) is 18.1. The first kappa shape index (κ1) is 22.1. The smallest absolute Gasteiger partial charge is 0.294 e. The highest BCUT2D eigenvalue weighted by molar-refractivity contribution is 6.16. The standard InChI is InChI=1S/C25H26N2O4/c1-15(2)12-21(28)22-23(18-6-5-7-20(13-18)31-16(3)4)27(25(30)24(22)29)19-10-8-17(14-26)9-11-19/h5-11,13,15-16,23,29H,12H2,1-4H3. The molecule has 160 valence electrons. The minimum Gasteiger partial charge on any atom is -0.503 e. The van der Waals surface area contributed by atoms with Crippen molar-refractivity contribution in [2.75, 3.05) is 4.90 Å². The summed E-state index contributed by atoms with van der Waals surface area (Å²) in [5, 5.41) is 19.8. The summed E-state index contributed by atoms with van der Waals surface area (Å²) >= 11 is 0. The van der Waals surface area contributed by atoms with E-state index in [0.717, 1.165) is 0 Å². The molecule has 1 amide bonds. The number of nitrogens with zero attached hydrogens (tertiary/aromatic N) is 2. The highest BCUT2D eigenvalue weighted by atomic mass is 16.5. The van der Waals surface area contributed by atoms with Crippen molar-refractivity contribution in [1.29, 1.82) is 5.26 Å². The van der Waals surface area contributed by atoms with Gasteiger partial charge in [0.1, 0.15) is 5.75 Å². The maximum atomic E-state index is 13.1. The van der Waals surface area contributed by atoms with E-state index < -0.39 is 17.7 Å². The van der Waals surface area contributed by atoms with E-state index in [1.165, 1.54) is 4.90 Å². The van der Waals surface area contributed by atoms with E-state index in [0.29, 0.717) is 22.6 Å². The summed E-state index contributed by atoms with van der Waals surface area (Å²) in [4.78, 5) is 27.5. The van der Waals surface area contributed by atoms with Gasteiger partial charge in [0, 0.05) is 12.1 Å². The molecule has 6 heteroatoms. The fourth-order valence-electron chi connectivity index (χ4n) is 3.68. The van der Waals surface area contributed by atoms with E-state index in [2.05, 4.69) is 0 Å². The Labute approximate surface area is 182 Å². The quantitative estimate of drug-likeness (QED) is 0.693. The van der Waals surface area contributed by atoms with Gasteiger partial charge in [-0.25, -0.2) is 0 Å². The molecule has 31 heavy (non-hydrogen) atoms. The number of hydrogen-bond donors (Lipinski definition) is 1. The Balaban J connectivity index is 2.13. The normalized spacial score (nSPS) is 16.2. The van der Waals surface area contributed by atoms with E-state index in [9.17, 15) is 14.7 Å². The zero-order valence-corrected chi connectivity index (χ0v) is 18.1. The van der Waals surface area contributed by atoms with Gasteiger partial charge >= 0.3 is 0 Å². The second-order valence-electron chi connectivity index (χ2n) is 8.26. The van der Waals surface area contributed by atoms with Gasteiger partial charge in [-0.3, -0.25) is 14.5 Å². The van der Waals surface area contributed by atoms with Crippen LogP contribution in [0.15, 0.2) is 59.9 Å². The van der Waals surface area contributed by atoms with E-state index in [-0.39, 0.29) is 29.8 Å². The molecule has 1 aliphatic rings. The number of ether oxygens (including phenoxy) is 1. The molecule has 0 bridgehead atoms. The lowest BCUT2D eigenvalue weighted by molar-refractivity contribution is -0.118. The average molecular weight is 418 g/mol. The van der Waals surface area contributed by atoms with Crippen LogP contribution in [0.25, 0.3) is 0 Å². The lowest BCUT2D eigenvalue weighted by Crippen LogP contribution is -2.31. The van der Waals surface area contributed by atoms with Gasteiger partial charge in [0.2, 0.25) is 0 Å². The fraction of sp³-hybridized carbons (Fsp3) is 0.320. The molecule has 2 aromatic rings. The van der Waals surface area contributed by atoms with Crippen molar-refractivity contribution in [3.8, 4) is 11.8 Å². The van der Waals surface area contributed by atoms with Crippen LogP contribution in [0.5, 0.6) is 5.75 Å². The first-order valence-corrected chi connectivity index (χ1v) is 10.3. The first-order chi connectivity index (χ1) is 14.7. The van der Waals surface area contributed by atoms with E-state index in [1.54, 1.807) is 36.4 Å². The van der Waals surface area contributed by atoms with Gasteiger partial charge in [-0.05, 0) is 61.7 Å². The molecule has 1 heterocycles. The second kappa shape index (κ2) is 9.05. The SMILES string of the molecule is CC(C)CC(=O)C1=C(O)C(=O)N(c2ccc(C#N)cc2)C1c1cccc(OC(C)C)c1. The third kappa shape index (κ3) is 4.61. The summed E-state index contributed by atoms with van der Waals surface area (Å²) in [5.41, 5.74) is 1.69. The van der Waals surface area contributed by atoms with Gasteiger partial charge < -0.3 is 9.84 Å². The summed E-state index contributed by atoms with van der Waals surface area (Å²) in [5.74, 6) is -0.755. The Kier molecular flexibility index (Phi) is 6.45. The number of aliphatic hydroxyl groups is 1. The topological polar surface area (TPSA) is 90.6 Å². The third-order valence-corrected chi connectivity index (χ3v) is 4.92. The molecule has 1 N–H and O–H groups in total. The minimum absolute atomic E-state index is 0.0407. The number of anilines is 1. The number of hydrogen-bond acceptors (Lipinski definition) is 5. The van der Waals surface area contributed by atoms with Gasteiger partial charge in [0.25, 0.3) is 5.91 Å². The van der Waals surface area contributed by atoms with E-state index >= 15 is 0 Å². The fourth-order valence-corrected chi connectivity index (χ4v) is 3.68. The Morgan fingerprint density at radius 3 is 2.42 bits per heavy atom. The molecule has 0 spiro atoms. The number of benzene rings is 2. The molecular weight excluding hydrogens is 392 g/mol. The molecule has 0 fully saturated rings. The zero-order chi connectivity index (χ0) is 22.7. The molecule has 1 atom stereocenters. The van der Waals surface area contributed by atoms with Crippen molar-refractivity contribution >= 4 is 17.4 Å². The molecule has 1 unspecified atom stereocenters. The van der Waals surface area contributed by atoms with Crippen LogP contribution in [0.4, 0.5) is 5.69 Å². The Morgan fingerprint density at radius 1 is 1.16 bits per heavy atom. The summed E-state index contributed by atoms with van der Waals surface area (Å²) in [7, 11) is 0. The van der Waals surface area contributed by atoms with Gasteiger partial charge in [-0.2, -0.15) is 5.26 Å². The van der Waals surface area contributed by atoms with Crippen LogP contribution < -0.4 is 9.64 Å². The predicted octanol–water partition coefficient (Wildman–Crippen LogP) is 4.86. The summed E-state index contributed by atoms with van der Waals surface area (Å²) in [6.45, 7) is 7.66. The van der Waals surface area contributed by atoms with E-state index in [1.807, 2.05) is 45.9 Å². The number of nitriles is 1. The molecule has 0 saturated carbocycles. The van der Waals surface area contributed by atoms with Crippen LogP contribution >= 0.6 is 0 Å². The molecule has 0 aliphatic carbocycles. The largest absolute Gasteiger partial charge is 0.503 e. The van der Waals surface area contributed by atoms with Crippen LogP contribution in [0.3, 0.4) is 0 Å². The number of amides is 1. The second-order valence-corrected chi connectivity index (χ2v) is 8.26. The average Bonchev–Trinajstić information content (AvgIpc) is 2.98. The predicted molar refractivity (Wildman–Crippen MR) is 118 cm³/mol. The van der Waals surface area contributed by atoms with Gasteiger partial charge in [-0.1, -0.05) is 26.0 Å². The monoisotopic (exact) mass is 418 g/mol. The van der Waals surface area contributed by atoms with Crippen LogP contribution in [-0.4, -0.2) is 22.9 Å². The molecule has 6 nitrogen and oxygen atoms in total. The Morgan fingerprint density at radius 2 is 1.84 bits per heavy atom. The van der Waals surface area contributed by atoms with Crippen molar-refractivity contribution < 1.29 is 19.4 Å². The lowest BCUT2D eigenvalue weighted by Gasteiger charge is -2.27. The van der Waals surface area contributed by atoms with Crippen molar-refractivity contribution in [1.82, 2.24) is 0 Å². The minimum atomic E-state index is -0.789. The lowest BCUT2D eigenvalue weighted by atomic mass is 9.92. The summed E-state index contributed by atoms with van der Waals surface area (Å²) in [6, 6.07) is 14.9. The maximum Gasteiger partial charge on any atom is 0.294 e. The van der Waals surface area contributed by atoms with Crippen molar-refractivity contribution in [2.24, 2.45) is 5.92 Å². The summed E-state index contributed by atoms with van der Waals surface area (Å²) in [6.07, 6.45) is 0.174. The molecule has 1 aliphatic heterocycles. The number of carbonyl (C=O) groups excluding carboxylic acids is 2. The van der Waals surface area contributed by atoms with Crippen LogP contribution in [0, 0.1) is 17.2 Å². The highest BCUT2D eigenvalue weighted by Gasteiger charge is 2.44. The van der Waals surface area contributed by atoms with Gasteiger partial charge in [-0.15, -0.1) is 0 Å². The van der Waals surface area contributed by atoms with Crippen molar-refractivity contribution in [3.63, 3.8) is 0 Å². The highest BCUT2D eigenvalue weighted by Crippen LogP contribution is 2.42. The number of Topliss-reactive ketones (excluding diaryl/α,β-unsaturated/α-hetero) is 1. The maximum absolute atomic E-state index is 13.1. The first-order valence-electron chi connectivity index (χ1n) is 10.3. The Hall–Kier alpha value is -3.59. The van der Waals surface area contributed by atoms with Crippen molar-refractivity contribution in [3.05, 3.63) is 71.0 Å². The van der Waals surface area contributed by atoms with Crippen LogP contribution in [-0.2, 0) is 9.59 Å². The molecule has 0 aromatic heterocycles. The number of ketones is 1. The van der Waals surface area contributed by atoms with E-state index in [4.69, 9.17) is 10.00 Å². The molecule has 0 saturated heterocycles.